The zero-order valence-corrected chi connectivity index (χ0v) is 12.1. The number of nitrogens with one attached hydrogen (secondary N) is 1. The summed E-state index contributed by atoms with van der Waals surface area (Å²) < 4.78 is 0. The number of fused-ring (bicyclic) bond motifs is 1. The van der Waals surface area contributed by atoms with Gasteiger partial charge in [-0.25, -0.2) is 0 Å². The van der Waals surface area contributed by atoms with Crippen LogP contribution in [0.15, 0.2) is 18.2 Å². The molecule has 108 valence electrons. The topological polar surface area (TPSA) is 58.4 Å². The first-order chi connectivity index (χ1) is 9.63. The number of piperidine rings is 1. The second-order valence-electron chi connectivity index (χ2n) is 6.09. The van der Waals surface area contributed by atoms with E-state index in [1.807, 2.05) is 25.1 Å². The van der Waals surface area contributed by atoms with Crippen molar-refractivity contribution in [2.75, 3.05) is 18.4 Å². The number of carbonyl (C=O) groups excluding carboxylic acids is 1. The van der Waals surface area contributed by atoms with Gasteiger partial charge in [0, 0.05) is 29.9 Å². The summed E-state index contributed by atoms with van der Waals surface area (Å²) in [6.45, 7) is 4.52. The first-order valence-corrected chi connectivity index (χ1v) is 7.54. The molecule has 1 amide bonds. The number of nitrogens with zero attached hydrogens (tertiary/aromatic N) is 1. The predicted molar refractivity (Wildman–Crippen MR) is 80.9 cm³/mol. The van der Waals surface area contributed by atoms with Gasteiger partial charge in [0.2, 0.25) is 5.91 Å². The summed E-state index contributed by atoms with van der Waals surface area (Å²) in [5.41, 5.74) is 8.12. The van der Waals surface area contributed by atoms with Crippen molar-refractivity contribution in [1.29, 1.82) is 0 Å². The normalized spacial score (nSPS) is 26.2. The number of anilines is 1. The lowest BCUT2D eigenvalue weighted by molar-refractivity contribution is 0.1000. The Kier molecular flexibility index (Phi) is 3.66. The number of carbonyl (C=O) groups is 1. The molecule has 2 heterocycles. The van der Waals surface area contributed by atoms with E-state index in [-0.39, 0.29) is 5.91 Å². The van der Waals surface area contributed by atoms with Crippen LogP contribution in [-0.2, 0) is 0 Å². The standard InChI is InChI=1S/C16H23N3O/c1-11-9-12(16(17)20)4-5-15(11)18-13-6-8-19-7-2-3-14(19)10-13/h4-5,9,13-14,18H,2-3,6-8,10H2,1H3,(H2,17,20). The molecule has 0 saturated carbocycles. The molecule has 0 spiro atoms. The van der Waals surface area contributed by atoms with E-state index in [0.717, 1.165) is 17.3 Å². The number of nitrogens with two attached hydrogens (primary N) is 1. The molecule has 2 fully saturated rings. The Bertz CT molecular complexity index is 514. The van der Waals surface area contributed by atoms with Crippen molar-refractivity contribution in [2.24, 2.45) is 5.73 Å². The first-order valence-electron chi connectivity index (χ1n) is 7.54. The Morgan fingerprint density at radius 3 is 2.95 bits per heavy atom. The monoisotopic (exact) mass is 273 g/mol. The molecule has 2 aliphatic heterocycles. The maximum Gasteiger partial charge on any atom is 0.248 e. The van der Waals surface area contributed by atoms with Crippen molar-refractivity contribution in [3.8, 4) is 0 Å². The molecule has 0 bridgehead atoms. The molecule has 2 aliphatic rings. The van der Waals surface area contributed by atoms with E-state index in [1.54, 1.807) is 0 Å². The first kappa shape index (κ1) is 13.4. The van der Waals surface area contributed by atoms with E-state index in [9.17, 15) is 4.79 Å². The van der Waals surface area contributed by atoms with Gasteiger partial charge in [-0.1, -0.05) is 0 Å². The third kappa shape index (κ3) is 2.66. The highest BCUT2D eigenvalue weighted by Crippen LogP contribution is 2.29. The molecule has 4 heteroatoms. The Labute approximate surface area is 120 Å². The minimum atomic E-state index is -0.362. The fraction of sp³-hybridized carbons (Fsp3) is 0.562. The molecule has 1 aromatic rings. The maximum absolute atomic E-state index is 11.2. The largest absolute Gasteiger partial charge is 0.382 e. The fourth-order valence-corrected chi connectivity index (χ4v) is 3.55. The summed E-state index contributed by atoms with van der Waals surface area (Å²) in [6.07, 6.45) is 5.13. The van der Waals surface area contributed by atoms with Gasteiger partial charge in [-0.05, 0) is 62.9 Å². The minimum absolute atomic E-state index is 0.362. The van der Waals surface area contributed by atoms with E-state index in [2.05, 4.69) is 10.2 Å². The van der Waals surface area contributed by atoms with Crippen LogP contribution in [0.5, 0.6) is 0 Å². The van der Waals surface area contributed by atoms with Gasteiger partial charge >= 0.3 is 0 Å². The molecule has 1 aromatic carbocycles. The number of hydrogen-bond donors (Lipinski definition) is 2. The van der Waals surface area contributed by atoms with Crippen LogP contribution in [-0.4, -0.2) is 36.0 Å². The average molecular weight is 273 g/mol. The summed E-state index contributed by atoms with van der Waals surface area (Å²) >= 11 is 0. The van der Waals surface area contributed by atoms with Gasteiger partial charge in [-0.3, -0.25) is 4.79 Å². The van der Waals surface area contributed by atoms with Crippen LogP contribution >= 0.6 is 0 Å². The zero-order chi connectivity index (χ0) is 14.1. The molecule has 4 nitrogen and oxygen atoms in total. The molecule has 20 heavy (non-hydrogen) atoms. The number of aryl methyl sites for hydroxylation is 1. The van der Waals surface area contributed by atoms with Gasteiger partial charge in [-0.15, -0.1) is 0 Å². The molecule has 0 aromatic heterocycles. The van der Waals surface area contributed by atoms with Crippen molar-refractivity contribution in [1.82, 2.24) is 4.90 Å². The molecule has 2 saturated heterocycles. The minimum Gasteiger partial charge on any atom is -0.382 e. The third-order valence-electron chi connectivity index (χ3n) is 4.69. The van der Waals surface area contributed by atoms with E-state index in [4.69, 9.17) is 5.73 Å². The predicted octanol–water partition coefficient (Wildman–Crippen LogP) is 2.13. The van der Waals surface area contributed by atoms with E-state index >= 15 is 0 Å². The maximum atomic E-state index is 11.2. The quantitative estimate of drug-likeness (QED) is 0.887. The molecular formula is C16H23N3O. The third-order valence-corrected chi connectivity index (χ3v) is 4.69. The second kappa shape index (κ2) is 5.44. The fourth-order valence-electron chi connectivity index (χ4n) is 3.55. The van der Waals surface area contributed by atoms with Crippen LogP contribution in [0, 0.1) is 6.92 Å². The van der Waals surface area contributed by atoms with Gasteiger partial charge in [0.15, 0.2) is 0 Å². The van der Waals surface area contributed by atoms with Crippen molar-refractivity contribution >= 4 is 11.6 Å². The second-order valence-corrected chi connectivity index (χ2v) is 6.09. The molecule has 0 aliphatic carbocycles. The van der Waals surface area contributed by atoms with Crippen LogP contribution in [0.25, 0.3) is 0 Å². The SMILES string of the molecule is Cc1cc(C(N)=O)ccc1NC1CCN2CCCC2C1. The zero-order valence-electron chi connectivity index (χ0n) is 12.1. The molecule has 3 N–H and O–H groups in total. The molecular weight excluding hydrogens is 250 g/mol. The van der Waals surface area contributed by atoms with Crippen LogP contribution in [0.4, 0.5) is 5.69 Å². The van der Waals surface area contributed by atoms with Gasteiger partial charge in [0.1, 0.15) is 0 Å². The lowest BCUT2D eigenvalue weighted by Crippen LogP contribution is -2.42. The van der Waals surface area contributed by atoms with E-state index in [1.165, 1.54) is 38.8 Å². The Morgan fingerprint density at radius 2 is 2.20 bits per heavy atom. The molecule has 2 atom stereocenters. The molecule has 2 unspecified atom stereocenters. The number of amides is 1. The average Bonchev–Trinajstić information content (AvgIpc) is 2.88. The van der Waals surface area contributed by atoms with Crippen LogP contribution < -0.4 is 11.1 Å². The molecule has 3 rings (SSSR count). The van der Waals surface area contributed by atoms with Crippen LogP contribution in [0.3, 0.4) is 0 Å². The van der Waals surface area contributed by atoms with Gasteiger partial charge in [-0.2, -0.15) is 0 Å². The number of rotatable bonds is 3. The summed E-state index contributed by atoms with van der Waals surface area (Å²) in [5, 5.41) is 3.65. The number of primary amides is 1. The van der Waals surface area contributed by atoms with E-state index < -0.39 is 0 Å². The Balaban J connectivity index is 1.67. The lowest BCUT2D eigenvalue weighted by Gasteiger charge is -2.35. The summed E-state index contributed by atoms with van der Waals surface area (Å²) in [4.78, 5) is 13.8. The smallest absolute Gasteiger partial charge is 0.248 e. The number of benzene rings is 1. The van der Waals surface area contributed by atoms with Crippen LogP contribution in [0.2, 0.25) is 0 Å². The van der Waals surface area contributed by atoms with Crippen molar-refractivity contribution < 1.29 is 4.79 Å². The van der Waals surface area contributed by atoms with E-state index in [0.29, 0.717) is 11.6 Å². The summed E-state index contributed by atoms with van der Waals surface area (Å²) in [7, 11) is 0. The van der Waals surface area contributed by atoms with Crippen molar-refractivity contribution in [3.63, 3.8) is 0 Å². The van der Waals surface area contributed by atoms with Crippen LogP contribution in [0.1, 0.15) is 41.6 Å². The highest BCUT2D eigenvalue weighted by Gasteiger charge is 2.31. The summed E-state index contributed by atoms with van der Waals surface area (Å²) in [5.74, 6) is -0.362. The van der Waals surface area contributed by atoms with Gasteiger partial charge in [0.05, 0.1) is 0 Å². The summed E-state index contributed by atoms with van der Waals surface area (Å²) in [6, 6.07) is 6.98. The number of hydrogen-bond acceptors (Lipinski definition) is 3. The highest BCUT2D eigenvalue weighted by atomic mass is 16.1. The Hall–Kier alpha value is -1.55. The van der Waals surface area contributed by atoms with Gasteiger partial charge in [0.25, 0.3) is 0 Å². The van der Waals surface area contributed by atoms with Crippen molar-refractivity contribution in [3.05, 3.63) is 29.3 Å². The lowest BCUT2D eigenvalue weighted by atomic mass is 9.97. The molecule has 0 radical (unpaired) electrons. The van der Waals surface area contributed by atoms with Crippen molar-refractivity contribution in [2.45, 2.75) is 44.7 Å². The Morgan fingerprint density at radius 1 is 1.35 bits per heavy atom. The van der Waals surface area contributed by atoms with Gasteiger partial charge < -0.3 is 16.0 Å². The highest BCUT2D eigenvalue weighted by molar-refractivity contribution is 5.93.